The second kappa shape index (κ2) is 6.03. The lowest BCUT2D eigenvalue weighted by atomic mass is 10.2. The Morgan fingerprint density at radius 3 is 2.48 bits per heavy atom. The number of ether oxygens (including phenoxy) is 1. The van der Waals surface area contributed by atoms with Gasteiger partial charge in [0, 0.05) is 13.1 Å². The number of nitrogens with zero attached hydrogens (tertiary/aromatic N) is 1. The molecule has 1 aliphatic carbocycles. The van der Waals surface area contributed by atoms with Crippen LogP contribution in [0.2, 0.25) is 0 Å². The first-order valence-electron chi connectivity index (χ1n) is 6.77. The minimum absolute atomic E-state index is 0.0341. The van der Waals surface area contributed by atoms with Gasteiger partial charge in [-0.3, -0.25) is 0 Å². The van der Waals surface area contributed by atoms with E-state index in [1.54, 1.807) is 0 Å². The fourth-order valence-electron chi connectivity index (χ4n) is 2.63. The van der Waals surface area contributed by atoms with Gasteiger partial charge in [-0.05, 0) is 31.0 Å². The van der Waals surface area contributed by atoms with Crippen molar-refractivity contribution in [3.63, 3.8) is 0 Å². The summed E-state index contributed by atoms with van der Waals surface area (Å²) in [5.41, 5.74) is -0.0748. The fraction of sp³-hybridized carbons (Fsp3) is 0.500. The van der Waals surface area contributed by atoms with E-state index in [0.29, 0.717) is 0 Å². The molecule has 0 heterocycles. The molecule has 1 N–H and O–H groups in total. The summed E-state index contributed by atoms with van der Waals surface area (Å²) in [6, 6.07) is 3.82. The van der Waals surface area contributed by atoms with Gasteiger partial charge in [0.15, 0.2) is 0 Å². The molecule has 0 radical (unpaired) electrons. The van der Waals surface area contributed by atoms with Gasteiger partial charge in [0.2, 0.25) is 10.0 Å². The SMILES string of the molecule is COc1ccc(C(=O)O)cc1S(=O)(=O)N(C)C1CCCC1. The van der Waals surface area contributed by atoms with Crippen LogP contribution in [-0.2, 0) is 10.0 Å². The van der Waals surface area contributed by atoms with Crippen molar-refractivity contribution < 1.29 is 23.1 Å². The summed E-state index contributed by atoms with van der Waals surface area (Å²) >= 11 is 0. The van der Waals surface area contributed by atoms with Crippen molar-refractivity contribution in [1.29, 1.82) is 0 Å². The number of hydrogen-bond donors (Lipinski definition) is 1. The molecule has 21 heavy (non-hydrogen) atoms. The molecule has 0 bridgehead atoms. The Balaban J connectivity index is 2.46. The quantitative estimate of drug-likeness (QED) is 0.898. The first-order chi connectivity index (χ1) is 9.87. The Bertz CT molecular complexity index is 635. The van der Waals surface area contributed by atoms with Crippen LogP contribution < -0.4 is 4.74 Å². The highest BCUT2D eigenvalue weighted by atomic mass is 32.2. The molecule has 0 aromatic heterocycles. The number of carboxylic acid groups (broad SMARTS) is 1. The molecule has 0 spiro atoms. The van der Waals surface area contributed by atoms with Crippen LogP contribution >= 0.6 is 0 Å². The van der Waals surface area contributed by atoms with E-state index < -0.39 is 16.0 Å². The summed E-state index contributed by atoms with van der Waals surface area (Å²) < 4.78 is 31.9. The molecule has 1 aromatic carbocycles. The Morgan fingerprint density at radius 2 is 1.95 bits per heavy atom. The number of rotatable bonds is 5. The average molecular weight is 313 g/mol. The zero-order valence-corrected chi connectivity index (χ0v) is 12.9. The molecule has 7 heteroatoms. The van der Waals surface area contributed by atoms with Gasteiger partial charge < -0.3 is 9.84 Å². The highest BCUT2D eigenvalue weighted by Crippen LogP contribution is 2.32. The van der Waals surface area contributed by atoms with Crippen LogP contribution in [0, 0.1) is 0 Å². The second-order valence-electron chi connectivity index (χ2n) is 5.13. The molecule has 0 atom stereocenters. The van der Waals surface area contributed by atoms with Crippen molar-refractivity contribution in [2.24, 2.45) is 0 Å². The third-order valence-corrected chi connectivity index (χ3v) is 5.84. The zero-order valence-electron chi connectivity index (χ0n) is 12.1. The summed E-state index contributed by atoms with van der Waals surface area (Å²) in [6.45, 7) is 0. The maximum Gasteiger partial charge on any atom is 0.335 e. The maximum atomic E-state index is 12.7. The number of sulfonamides is 1. The maximum absolute atomic E-state index is 12.7. The summed E-state index contributed by atoms with van der Waals surface area (Å²) in [4.78, 5) is 11.0. The molecule has 116 valence electrons. The lowest BCUT2D eigenvalue weighted by molar-refractivity contribution is 0.0696. The van der Waals surface area contributed by atoms with E-state index in [4.69, 9.17) is 9.84 Å². The minimum Gasteiger partial charge on any atom is -0.495 e. The number of benzene rings is 1. The van der Waals surface area contributed by atoms with Crippen LogP contribution in [-0.4, -0.2) is 44.0 Å². The van der Waals surface area contributed by atoms with E-state index >= 15 is 0 Å². The highest BCUT2D eigenvalue weighted by Gasteiger charge is 2.32. The predicted molar refractivity (Wildman–Crippen MR) is 77.2 cm³/mol. The molecule has 6 nitrogen and oxygen atoms in total. The molecule has 2 rings (SSSR count). The van der Waals surface area contributed by atoms with Gasteiger partial charge in [-0.2, -0.15) is 4.31 Å². The first-order valence-corrected chi connectivity index (χ1v) is 8.21. The molecular weight excluding hydrogens is 294 g/mol. The summed E-state index contributed by atoms with van der Waals surface area (Å²) in [6.07, 6.45) is 3.68. The Kier molecular flexibility index (Phi) is 4.53. The van der Waals surface area contributed by atoms with Crippen LogP contribution in [0.1, 0.15) is 36.0 Å². The van der Waals surface area contributed by atoms with Gasteiger partial charge in [0.05, 0.1) is 12.7 Å². The molecule has 0 saturated heterocycles. The third kappa shape index (κ3) is 3.03. The van der Waals surface area contributed by atoms with Crippen molar-refractivity contribution in [3.8, 4) is 5.75 Å². The number of methoxy groups -OCH3 is 1. The molecule has 1 fully saturated rings. The van der Waals surface area contributed by atoms with Gasteiger partial charge in [-0.1, -0.05) is 12.8 Å². The van der Waals surface area contributed by atoms with Crippen molar-refractivity contribution in [3.05, 3.63) is 23.8 Å². The van der Waals surface area contributed by atoms with Crippen molar-refractivity contribution in [2.75, 3.05) is 14.2 Å². The zero-order chi connectivity index (χ0) is 15.6. The molecular formula is C14H19NO5S. The van der Waals surface area contributed by atoms with Gasteiger partial charge >= 0.3 is 5.97 Å². The van der Waals surface area contributed by atoms with Crippen LogP contribution in [0.25, 0.3) is 0 Å². The molecule has 1 aromatic rings. The van der Waals surface area contributed by atoms with Crippen LogP contribution in [0.3, 0.4) is 0 Å². The Hall–Kier alpha value is -1.60. The van der Waals surface area contributed by atoms with Crippen LogP contribution in [0.5, 0.6) is 5.75 Å². The van der Waals surface area contributed by atoms with E-state index in [9.17, 15) is 13.2 Å². The Morgan fingerprint density at radius 1 is 1.33 bits per heavy atom. The Labute approximate surface area is 124 Å². The molecule has 0 unspecified atom stereocenters. The molecule has 0 amide bonds. The van der Waals surface area contributed by atoms with E-state index in [1.807, 2.05) is 0 Å². The summed E-state index contributed by atoms with van der Waals surface area (Å²) in [5.74, 6) is -1.01. The molecule has 1 saturated carbocycles. The average Bonchev–Trinajstić information content (AvgIpc) is 2.99. The lowest BCUT2D eigenvalue weighted by Crippen LogP contribution is -2.35. The smallest absolute Gasteiger partial charge is 0.335 e. The minimum atomic E-state index is -3.78. The van der Waals surface area contributed by atoms with Crippen LogP contribution in [0.15, 0.2) is 23.1 Å². The van der Waals surface area contributed by atoms with E-state index in [0.717, 1.165) is 31.7 Å². The summed E-state index contributed by atoms with van der Waals surface area (Å²) in [7, 11) is -0.871. The van der Waals surface area contributed by atoms with Gasteiger partial charge in [0.25, 0.3) is 0 Å². The number of carbonyl (C=O) groups is 1. The second-order valence-corrected chi connectivity index (χ2v) is 7.10. The normalized spacial score (nSPS) is 16.3. The van der Waals surface area contributed by atoms with Gasteiger partial charge in [-0.25, -0.2) is 13.2 Å². The largest absolute Gasteiger partial charge is 0.495 e. The number of aromatic carboxylic acids is 1. The van der Waals surface area contributed by atoms with Crippen LogP contribution in [0.4, 0.5) is 0 Å². The number of carboxylic acids is 1. The first kappa shape index (κ1) is 15.8. The standard InChI is InChI=1S/C14H19NO5S/c1-15(11-5-3-4-6-11)21(18,19)13-9-10(14(16)17)7-8-12(13)20-2/h7-9,11H,3-6H2,1-2H3,(H,16,17). The summed E-state index contributed by atoms with van der Waals surface area (Å²) in [5, 5.41) is 9.04. The van der Waals surface area contributed by atoms with E-state index in [2.05, 4.69) is 0 Å². The van der Waals surface area contributed by atoms with Crippen molar-refractivity contribution >= 4 is 16.0 Å². The molecule has 1 aliphatic rings. The third-order valence-electron chi connectivity index (χ3n) is 3.91. The molecule has 0 aliphatic heterocycles. The predicted octanol–water partition coefficient (Wildman–Crippen LogP) is 1.96. The lowest BCUT2D eigenvalue weighted by Gasteiger charge is -2.24. The fourth-order valence-corrected chi connectivity index (χ4v) is 4.23. The van der Waals surface area contributed by atoms with Gasteiger partial charge in [-0.15, -0.1) is 0 Å². The van der Waals surface area contributed by atoms with Crippen molar-refractivity contribution in [2.45, 2.75) is 36.6 Å². The monoisotopic (exact) mass is 313 g/mol. The van der Waals surface area contributed by atoms with E-state index in [-0.39, 0.29) is 22.3 Å². The highest BCUT2D eigenvalue weighted by molar-refractivity contribution is 7.89. The van der Waals surface area contributed by atoms with Gasteiger partial charge in [0.1, 0.15) is 10.6 Å². The van der Waals surface area contributed by atoms with Crippen molar-refractivity contribution in [1.82, 2.24) is 4.31 Å². The van der Waals surface area contributed by atoms with E-state index in [1.165, 1.54) is 30.6 Å². The topological polar surface area (TPSA) is 83.9 Å². The number of hydrogen-bond acceptors (Lipinski definition) is 4.